The normalized spacial score (nSPS) is 23.4. The second kappa shape index (κ2) is 5.23. The number of nitriles is 1. The molecular formula is C17H21NO3. The number of hydrogen-bond acceptors (Lipinski definition) is 4. The highest BCUT2D eigenvalue weighted by Gasteiger charge is 2.46. The Kier molecular flexibility index (Phi) is 3.54. The van der Waals surface area contributed by atoms with Gasteiger partial charge in [-0.2, -0.15) is 5.26 Å². The van der Waals surface area contributed by atoms with Crippen molar-refractivity contribution in [1.82, 2.24) is 0 Å². The topological polar surface area (TPSA) is 62.5 Å². The molecule has 2 aliphatic rings. The van der Waals surface area contributed by atoms with Gasteiger partial charge in [-0.1, -0.05) is 6.42 Å². The van der Waals surface area contributed by atoms with Crippen molar-refractivity contribution in [2.24, 2.45) is 5.41 Å². The lowest BCUT2D eigenvalue weighted by Gasteiger charge is -2.39. The van der Waals surface area contributed by atoms with Crippen molar-refractivity contribution in [3.63, 3.8) is 0 Å². The van der Waals surface area contributed by atoms with Crippen molar-refractivity contribution in [2.75, 3.05) is 6.61 Å². The molecule has 4 heteroatoms. The number of rotatable bonds is 4. The van der Waals surface area contributed by atoms with E-state index >= 15 is 0 Å². The van der Waals surface area contributed by atoms with Crippen LogP contribution in [0.4, 0.5) is 0 Å². The summed E-state index contributed by atoms with van der Waals surface area (Å²) in [6, 6.07) is 6.14. The second-order valence-corrected chi connectivity index (χ2v) is 6.09. The predicted octanol–water partition coefficient (Wildman–Crippen LogP) is 3.14. The summed E-state index contributed by atoms with van der Waals surface area (Å²) >= 11 is 0. The highest BCUT2D eigenvalue weighted by molar-refractivity contribution is 5.50. The van der Waals surface area contributed by atoms with Crippen LogP contribution in [0.25, 0.3) is 0 Å². The van der Waals surface area contributed by atoms with Crippen molar-refractivity contribution >= 4 is 0 Å². The fourth-order valence-electron chi connectivity index (χ4n) is 3.25. The molecule has 2 atom stereocenters. The number of ether oxygens (including phenoxy) is 2. The van der Waals surface area contributed by atoms with Gasteiger partial charge in [-0.15, -0.1) is 0 Å². The molecule has 0 bridgehead atoms. The molecule has 0 saturated heterocycles. The molecular weight excluding hydrogens is 266 g/mol. The maximum atomic E-state index is 10.7. The molecule has 0 aromatic heterocycles. The minimum absolute atomic E-state index is 0.149. The molecule has 3 rings (SSSR count). The van der Waals surface area contributed by atoms with Gasteiger partial charge in [0.2, 0.25) is 0 Å². The molecule has 0 spiro atoms. The first kappa shape index (κ1) is 14.2. The maximum absolute atomic E-state index is 10.7. The van der Waals surface area contributed by atoms with E-state index in [1.807, 2.05) is 26.0 Å². The lowest BCUT2D eigenvalue weighted by molar-refractivity contribution is 0.00605. The van der Waals surface area contributed by atoms with Gasteiger partial charge in [0, 0.05) is 17.5 Å². The Labute approximate surface area is 125 Å². The van der Waals surface area contributed by atoms with E-state index in [1.165, 1.54) is 0 Å². The van der Waals surface area contributed by atoms with Crippen molar-refractivity contribution in [3.05, 3.63) is 23.3 Å². The maximum Gasteiger partial charge on any atom is 0.125 e. The van der Waals surface area contributed by atoms with Gasteiger partial charge in [-0.3, -0.25) is 0 Å². The summed E-state index contributed by atoms with van der Waals surface area (Å²) in [5, 5.41) is 20.2. The average Bonchev–Trinajstić information content (AvgIpc) is 2.76. The van der Waals surface area contributed by atoms with Gasteiger partial charge < -0.3 is 14.6 Å². The molecule has 0 amide bonds. The molecule has 4 nitrogen and oxygen atoms in total. The minimum atomic E-state index is -0.817. The third-order valence-corrected chi connectivity index (χ3v) is 4.61. The third-order valence-electron chi connectivity index (χ3n) is 4.61. The molecule has 112 valence electrons. The number of nitrogens with zero attached hydrogens (tertiary/aromatic N) is 1. The molecule has 1 aliphatic carbocycles. The van der Waals surface area contributed by atoms with Crippen LogP contribution in [-0.2, 0) is 6.42 Å². The van der Waals surface area contributed by atoms with E-state index in [0.29, 0.717) is 17.9 Å². The van der Waals surface area contributed by atoms with Crippen molar-refractivity contribution in [2.45, 2.75) is 51.7 Å². The second-order valence-electron chi connectivity index (χ2n) is 6.09. The first-order valence-electron chi connectivity index (χ1n) is 7.65. The Hall–Kier alpha value is -1.73. The van der Waals surface area contributed by atoms with E-state index in [9.17, 15) is 10.4 Å². The summed E-state index contributed by atoms with van der Waals surface area (Å²) in [4.78, 5) is 0. The van der Waals surface area contributed by atoms with Gasteiger partial charge in [-0.05, 0) is 38.8 Å². The fourth-order valence-corrected chi connectivity index (χ4v) is 3.25. The lowest BCUT2D eigenvalue weighted by Crippen LogP contribution is -2.34. The van der Waals surface area contributed by atoms with Gasteiger partial charge in [0.15, 0.2) is 0 Å². The van der Waals surface area contributed by atoms with Crippen LogP contribution in [-0.4, -0.2) is 17.8 Å². The van der Waals surface area contributed by atoms with Crippen LogP contribution in [0.1, 0.15) is 50.3 Å². The van der Waals surface area contributed by atoms with Crippen LogP contribution >= 0.6 is 0 Å². The molecule has 0 radical (unpaired) electrons. The number of fused-ring (bicyclic) bond motifs is 1. The van der Waals surface area contributed by atoms with E-state index in [-0.39, 0.29) is 6.10 Å². The number of aliphatic hydroxyl groups is 1. The predicted molar refractivity (Wildman–Crippen MR) is 78.3 cm³/mol. The van der Waals surface area contributed by atoms with Crippen molar-refractivity contribution in [3.8, 4) is 17.6 Å². The monoisotopic (exact) mass is 287 g/mol. The van der Waals surface area contributed by atoms with E-state index < -0.39 is 11.5 Å². The highest BCUT2D eigenvalue weighted by atomic mass is 16.5. The molecule has 1 saturated carbocycles. The van der Waals surface area contributed by atoms with Crippen LogP contribution < -0.4 is 9.47 Å². The Balaban J connectivity index is 2.01. The minimum Gasteiger partial charge on any atom is -0.493 e. The first-order chi connectivity index (χ1) is 10.1. The van der Waals surface area contributed by atoms with Crippen molar-refractivity contribution in [1.29, 1.82) is 5.26 Å². The van der Waals surface area contributed by atoms with Gasteiger partial charge >= 0.3 is 0 Å². The van der Waals surface area contributed by atoms with Crippen LogP contribution in [0.2, 0.25) is 0 Å². The van der Waals surface area contributed by atoms with Crippen LogP contribution in [0.15, 0.2) is 12.1 Å². The zero-order valence-electron chi connectivity index (χ0n) is 12.6. The molecule has 1 aliphatic heterocycles. The summed E-state index contributed by atoms with van der Waals surface area (Å²) in [7, 11) is 0. The third kappa shape index (κ3) is 2.26. The van der Waals surface area contributed by atoms with E-state index in [0.717, 1.165) is 37.0 Å². The quantitative estimate of drug-likeness (QED) is 0.924. The summed E-state index contributed by atoms with van der Waals surface area (Å²) < 4.78 is 11.5. The molecule has 1 aromatic rings. The first-order valence-corrected chi connectivity index (χ1v) is 7.65. The van der Waals surface area contributed by atoms with Gasteiger partial charge in [0.05, 0.1) is 18.1 Å². The van der Waals surface area contributed by atoms with Gasteiger partial charge in [0.25, 0.3) is 0 Å². The van der Waals surface area contributed by atoms with Gasteiger partial charge in [-0.25, -0.2) is 0 Å². The molecule has 2 unspecified atom stereocenters. The number of aliphatic hydroxyl groups excluding tert-OH is 1. The molecule has 1 aromatic carbocycles. The van der Waals surface area contributed by atoms with Crippen LogP contribution in [0.5, 0.6) is 11.5 Å². The smallest absolute Gasteiger partial charge is 0.125 e. The number of benzene rings is 1. The highest BCUT2D eigenvalue weighted by Crippen LogP contribution is 2.52. The fraction of sp³-hybridized carbons (Fsp3) is 0.588. The largest absolute Gasteiger partial charge is 0.493 e. The molecule has 1 N–H and O–H groups in total. The summed E-state index contributed by atoms with van der Waals surface area (Å²) in [5.41, 5.74) is 1.14. The Morgan fingerprint density at radius 1 is 1.52 bits per heavy atom. The Bertz CT molecular complexity index is 586. The average molecular weight is 287 g/mol. The Morgan fingerprint density at radius 3 is 2.86 bits per heavy atom. The van der Waals surface area contributed by atoms with E-state index in [1.54, 1.807) is 0 Å². The molecule has 1 heterocycles. The summed E-state index contributed by atoms with van der Waals surface area (Å²) in [5.74, 6) is 1.50. The van der Waals surface area contributed by atoms with E-state index in [4.69, 9.17) is 9.47 Å². The lowest BCUT2D eigenvalue weighted by atomic mass is 9.64. The molecule has 1 fully saturated rings. The van der Waals surface area contributed by atoms with Gasteiger partial charge in [0.1, 0.15) is 23.7 Å². The Morgan fingerprint density at radius 2 is 2.29 bits per heavy atom. The zero-order chi connectivity index (χ0) is 15.0. The van der Waals surface area contributed by atoms with E-state index in [2.05, 4.69) is 6.07 Å². The standard InChI is InChI=1S/C17H21NO3/c1-3-20-15-8-12-7-11(2)21-14(12)9-13(15)16(19)17(10-18)5-4-6-17/h8-9,11,16,19H,3-7H2,1-2H3. The summed E-state index contributed by atoms with van der Waals surface area (Å²) in [6.07, 6.45) is 2.66. The number of hydrogen-bond donors (Lipinski definition) is 1. The van der Waals surface area contributed by atoms with Crippen LogP contribution in [0.3, 0.4) is 0 Å². The molecule has 21 heavy (non-hydrogen) atoms. The summed E-state index contributed by atoms with van der Waals surface area (Å²) in [6.45, 7) is 4.49. The SMILES string of the molecule is CCOc1cc2c(cc1C(O)C1(C#N)CCC1)OC(C)C2. The van der Waals surface area contributed by atoms with Crippen molar-refractivity contribution < 1.29 is 14.6 Å². The van der Waals surface area contributed by atoms with Crippen LogP contribution in [0, 0.1) is 16.7 Å². The zero-order valence-corrected chi connectivity index (χ0v) is 12.6.